The summed E-state index contributed by atoms with van der Waals surface area (Å²) in [5.74, 6) is 0.506. The summed E-state index contributed by atoms with van der Waals surface area (Å²) in [7, 11) is 3.22. The van der Waals surface area contributed by atoms with Gasteiger partial charge in [-0.05, 0) is 43.0 Å². The number of nitrogens with one attached hydrogen (secondary N) is 2. The number of amides is 1. The second-order valence-electron chi connectivity index (χ2n) is 5.58. The van der Waals surface area contributed by atoms with E-state index in [4.69, 9.17) is 16.3 Å². The molecule has 1 aromatic carbocycles. The molecule has 3 rings (SSSR count). The predicted octanol–water partition coefficient (Wildman–Crippen LogP) is 3.12. The summed E-state index contributed by atoms with van der Waals surface area (Å²) in [6.45, 7) is 1.96. The molecule has 0 aliphatic rings. The summed E-state index contributed by atoms with van der Waals surface area (Å²) in [6.07, 6.45) is 0. The van der Waals surface area contributed by atoms with E-state index in [0.717, 1.165) is 9.71 Å². The first kappa shape index (κ1) is 18.8. The lowest BCUT2D eigenvalue weighted by molar-refractivity contribution is -0.404. The Morgan fingerprint density at radius 3 is 2.88 bits per heavy atom. The molecular weight excluding hydrogens is 394 g/mol. The van der Waals surface area contributed by atoms with E-state index in [-0.39, 0.29) is 17.2 Å². The number of nitrogens with zero attached hydrogens (tertiary/aromatic N) is 1. The highest BCUT2D eigenvalue weighted by atomic mass is 35.5. The first-order chi connectivity index (χ1) is 12.4. The Morgan fingerprint density at radius 2 is 2.19 bits per heavy atom. The van der Waals surface area contributed by atoms with E-state index < -0.39 is 0 Å². The number of H-pyrrole nitrogens is 1. The lowest BCUT2D eigenvalue weighted by Crippen LogP contribution is -2.27. The maximum absolute atomic E-state index is 12.4. The highest BCUT2D eigenvalue weighted by Crippen LogP contribution is 2.27. The number of thioether (sulfide) groups is 1. The predicted molar refractivity (Wildman–Crippen MR) is 106 cm³/mol. The molecule has 0 saturated carbocycles. The van der Waals surface area contributed by atoms with Crippen molar-refractivity contribution < 1.29 is 14.5 Å². The van der Waals surface area contributed by atoms with Gasteiger partial charge in [-0.3, -0.25) is 4.79 Å². The topological polar surface area (TPSA) is 74.5 Å². The molecule has 0 saturated heterocycles. The van der Waals surface area contributed by atoms with Crippen LogP contribution in [0.2, 0.25) is 5.02 Å². The molecule has 2 aromatic heterocycles. The molecular formula is C17H17ClN3O3S2+. The van der Waals surface area contributed by atoms with E-state index >= 15 is 0 Å². The van der Waals surface area contributed by atoms with Crippen molar-refractivity contribution in [1.29, 1.82) is 0 Å². The fourth-order valence-electron chi connectivity index (χ4n) is 2.43. The van der Waals surface area contributed by atoms with Gasteiger partial charge in [0.05, 0.1) is 24.9 Å². The fourth-order valence-corrected chi connectivity index (χ4v) is 4.44. The molecule has 0 spiro atoms. The summed E-state index contributed by atoms with van der Waals surface area (Å²) >= 11 is 8.85. The van der Waals surface area contributed by atoms with Gasteiger partial charge < -0.3 is 10.1 Å². The first-order valence-electron chi connectivity index (χ1n) is 7.67. The maximum Gasteiger partial charge on any atom is 0.346 e. The number of carbonyl (C=O) groups is 1. The van der Waals surface area contributed by atoms with Gasteiger partial charge in [0.1, 0.15) is 11.1 Å². The van der Waals surface area contributed by atoms with Gasteiger partial charge >= 0.3 is 10.7 Å². The van der Waals surface area contributed by atoms with Crippen LogP contribution in [0.25, 0.3) is 10.2 Å². The van der Waals surface area contributed by atoms with E-state index in [9.17, 15) is 9.59 Å². The summed E-state index contributed by atoms with van der Waals surface area (Å²) in [4.78, 5) is 29.7. The Hall–Kier alpha value is -2.03. The second-order valence-corrected chi connectivity index (χ2v) is 8.21. The van der Waals surface area contributed by atoms with Crippen LogP contribution in [0.3, 0.4) is 0 Å². The van der Waals surface area contributed by atoms with Gasteiger partial charge in [-0.25, -0.2) is 9.78 Å². The number of thiophene rings is 1. The number of fused-ring (bicyclic) bond motifs is 1. The second kappa shape index (κ2) is 7.69. The van der Waals surface area contributed by atoms with Gasteiger partial charge in [-0.2, -0.15) is 4.57 Å². The number of aromatic nitrogens is 2. The average molecular weight is 411 g/mol. The van der Waals surface area contributed by atoms with Crippen LogP contribution in [0.5, 0.6) is 5.75 Å². The first-order valence-corrected chi connectivity index (χ1v) is 9.85. The Balaban J connectivity index is 1.71. The zero-order valence-electron chi connectivity index (χ0n) is 14.4. The van der Waals surface area contributed by atoms with Gasteiger partial charge in [0.25, 0.3) is 0 Å². The zero-order chi connectivity index (χ0) is 18.8. The molecule has 1 amide bonds. The monoisotopic (exact) mass is 410 g/mol. The molecule has 0 bridgehead atoms. The zero-order valence-corrected chi connectivity index (χ0v) is 16.8. The Labute approximate surface area is 163 Å². The van der Waals surface area contributed by atoms with E-state index in [1.165, 1.54) is 34.8 Å². The lowest BCUT2D eigenvalue weighted by Gasteiger charge is -2.07. The number of benzene rings is 1. The van der Waals surface area contributed by atoms with E-state index in [1.54, 1.807) is 25.2 Å². The molecule has 26 heavy (non-hydrogen) atoms. The third kappa shape index (κ3) is 3.87. The smallest absolute Gasteiger partial charge is 0.346 e. The van der Waals surface area contributed by atoms with Crippen molar-refractivity contribution >= 4 is 56.5 Å². The van der Waals surface area contributed by atoms with Crippen LogP contribution in [0.15, 0.2) is 34.2 Å². The molecule has 136 valence electrons. The number of hydrogen-bond acceptors (Lipinski definition) is 5. The summed E-state index contributed by atoms with van der Waals surface area (Å²) < 4.78 is 6.61. The third-order valence-electron chi connectivity index (χ3n) is 3.69. The van der Waals surface area contributed by atoms with E-state index in [1.807, 2.05) is 13.0 Å². The average Bonchev–Trinajstić information content (AvgIpc) is 2.97. The van der Waals surface area contributed by atoms with Crippen LogP contribution >= 0.6 is 34.7 Å². The molecule has 6 nitrogen and oxygen atoms in total. The van der Waals surface area contributed by atoms with Crippen molar-refractivity contribution in [1.82, 2.24) is 4.57 Å². The van der Waals surface area contributed by atoms with Crippen molar-refractivity contribution in [2.24, 2.45) is 7.05 Å². The number of hydrogen-bond donors (Lipinski definition) is 1. The van der Waals surface area contributed by atoms with Crippen LogP contribution in [0.4, 0.5) is 5.69 Å². The summed E-state index contributed by atoms with van der Waals surface area (Å²) in [5, 5.41) is 4.50. The molecule has 0 atom stereocenters. The molecule has 3 aromatic rings. The van der Waals surface area contributed by atoms with Crippen LogP contribution in [-0.4, -0.2) is 23.3 Å². The van der Waals surface area contributed by atoms with Gasteiger partial charge in [0, 0.05) is 10.6 Å². The van der Waals surface area contributed by atoms with Crippen molar-refractivity contribution in [3.63, 3.8) is 0 Å². The Bertz CT molecular complexity index is 1050. The minimum atomic E-state index is -0.195. The van der Waals surface area contributed by atoms with Crippen molar-refractivity contribution in [3.8, 4) is 5.75 Å². The van der Waals surface area contributed by atoms with Gasteiger partial charge in [-0.15, -0.1) is 0 Å². The molecule has 0 aliphatic carbocycles. The molecule has 0 radical (unpaired) electrons. The van der Waals surface area contributed by atoms with Gasteiger partial charge in [0.15, 0.2) is 4.83 Å². The highest BCUT2D eigenvalue weighted by Gasteiger charge is 2.18. The normalized spacial score (nSPS) is 10.9. The van der Waals surface area contributed by atoms with Crippen molar-refractivity contribution in [2.45, 2.75) is 12.1 Å². The van der Waals surface area contributed by atoms with Gasteiger partial charge in [-0.1, -0.05) is 22.9 Å². The third-order valence-corrected chi connectivity index (χ3v) is 6.01. The molecule has 0 fully saturated rings. The standard InChI is InChI=1S/C17H16ClN3O3S2/c1-9-6-11-15(26-9)20-17(21(2)16(11)23)25-8-14(22)19-10-4-5-13(24-3)12(18)7-10/h4-7H,8H2,1-3H3,(H,19,22)/p+1. The van der Waals surface area contributed by atoms with Gasteiger partial charge in [0.2, 0.25) is 5.91 Å². The fraction of sp³-hybridized carbons (Fsp3) is 0.235. The largest absolute Gasteiger partial charge is 0.495 e. The number of aryl methyl sites for hydroxylation is 1. The SMILES string of the molecule is COc1ccc(NC(=O)CSc2[nH+]c3sc(C)cc3c(=O)n2C)cc1Cl. The number of ether oxygens (including phenoxy) is 1. The Morgan fingerprint density at radius 1 is 1.42 bits per heavy atom. The quantitative estimate of drug-likeness (QED) is 0.518. The minimum Gasteiger partial charge on any atom is -0.495 e. The number of rotatable bonds is 5. The number of anilines is 1. The number of methoxy groups -OCH3 is 1. The van der Waals surface area contributed by atoms with Crippen molar-refractivity contribution in [3.05, 3.63) is 44.5 Å². The maximum atomic E-state index is 12.4. The van der Waals surface area contributed by atoms with Crippen LogP contribution < -0.4 is 20.6 Å². The van der Waals surface area contributed by atoms with Crippen LogP contribution in [0.1, 0.15) is 4.88 Å². The van der Waals surface area contributed by atoms with Crippen LogP contribution in [0, 0.1) is 6.92 Å². The molecule has 0 unspecified atom stereocenters. The number of aromatic amines is 1. The molecule has 0 aliphatic heterocycles. The highest BCUT2D eigenvalue weighted by molar-refractivity contribution is 7.99. The molecule has 9 heteroatoms. The lowest BCUT2D eigenvalue weighted by atomic mass is 10.3. The van der Waals surface area contributed by atoms with E-state index in [2.05, 4.69) is 10.3 Å². The molecule has 2 heterocycles. The summed E-state index contributed by atoms with van der Waals surface area (Å²) in [5.41, 5.74) is 0.511. The van der Waals surface area contributed by atoms with E-state index in [0.29, 0.717) is 27.0 Å². The number of halogens is 1. The Kier molecular flexibility index (Phi) is 5.55. The number of carbonyl (C=O) groups excluding carboxylic acids is 1. The minimum absolute atomic E-state index is 0.0760. The summed E-state index contributed by atoms with van der Waals surface area (Å²) in [6, 6.07) is 6.91. The van der Waals surface area contributed by atoms with Crippen molar-refractivity contribution in [2.75, 3.05) is 18.2 Å². The van der Waals surface area contributed by atoms with Crippen LogP contribution in [-0.2, 0) is 11.8 Å². The molecule has 2 N–H and O–H groups in total.